The van der Waals surface area contributed by atoms with Gasteiger partial charge >= 0.3 is 0 Å². The van der Waals surface area contributed by atoms with Crippen LogP contribution in [0.1, 0.15) is 42.5 Å². The number of hydrogen-bond donors (Lipinski definition) is 3. The molecule has 1 aromatic carbocycles. The van der Waals surface area contributed by atoms with Crippen LogP contribution < -0.4 is 16.2 Å². The summed E-state index contributed by atoms with van der Waals surface area (Å²) in [6.45, 7) is -0.158. The van der Waals surface area contributed by atoms with Crippen LogP contribution >= 0.6 is 0 Å². The molecule has 1 fully saturated rings. The summed E-state index contributed by atoms with van der Waals surface area (Å²) in [7, 11) is 0. The molecular formula is C20H24N4O3. The van der Waals surface area contributed by atoms with Crippen LogP contribution in [0.15, 0.2) is 48.8 Å². The van der Waals surface area contributed by atoms with Crippen molar-refractivity contribution in [3.05, 3.63) is 54.4 Å². The van der Waals surface area contributed by atoms with Gasteiger partial charge in [0.25, 0.3) is 11.8 Å². The molecular weight excluding hydrogens is 344 g/mol. The monoisotopic (exact) mass is 368 g/mol. The number of aromatic nitrogens is 1. The molecule has 0 unspecified atom stereocenters. The third kappa shape index (κ3) is 4.97. The predicted octanol–water partition coefficient (Wildman–Crippen LogP) is 1.93. The highest BCUT2D eigenvalue weighted by Gasteiger charge is 2.21. The number of carbonyl (C=O) groups is 3. The Morgan fingerprint density at radius 2 is 1.63 bits per heavy atom. The standard InChI is InChI=1S/C20H24N4O3/c25-18(14-21-19(26)15-8-2-1-3-9-15)22-23-20(27)16-10-4-5-11-17(16)24-12-6-7-13-24/h4-7,10-13,15H,1-3,8-9,14H2,(H,21,26)(H,22,25)(H,23,27). The molecule has 142 valence electrons. The summed E-state index contributed by atoms with van der Waals surface area (Å²) in [6, 6.07) is 10.8. The zero-order valence-electron chi connectivity index (χ0n) is 15.1. The van der Waals surface area contributed by atoms with Crippen LogP contribution in [0.4, 0.5) is 0 Å². The maximum atomic E-state index is 12.4. The van der Waals surface area contributed by atoms with Gasteiger partial charge in [-0.2, -0.15) is 0 Å². The third-order valence-corrected chi connectivity index (χ3v) is 4.75. The van der Waals surface area contributed by atoms with Crippen molar-refractivity contribution < 1.29 is 14.4 Å². The SMILES string of the molecule is O=C(CNC(=O)C1CCCCC1)NNC(=O)c1ccccc1-n1cccc1. The minimum atomic E-state index is -0.467. The maximum Gasteiger partial charge on any atom is 0.271 e. The lowest BCUT2D eigenvalue weighted by Crippen LogP contribution is -2.47. The summed E-state index contributed by atoms with van der Waals surface area (Å²) in [5.41, 5.74) is 5.89. The Bertz CT molecular complexity index is 795. The molecule has 0 spiro atoms. The third-order valence-electron chi connectivity index (χ3n) is 4.75. The molecule has 7 nitrogen and oxygen atoms in total. The van der Waals surface area contributed by atoms with Gasteiger partial charge in [-0.05, 0) is 37.1 Å². The average molecular weight is 368 g/mol. The van der Waals surface area contributed by atoms with Crippen molar-refractivity contribution in [2.24, 2.45) is 5.92 Å². The van der Waals surface area contributed by atoms with Crippen LogP contribution in [0, 0.1) is 5.92 Å². The average Bonchev–Trinajstić information content (AvgIpc) is 3.25. The molecule has 2 aromatic rings. The molecule has 7 heteroatoms. The Morgan fingerprint density at radius 1 is 0.926 bits per heavy atom. The number of nitrogens with zero attached hydrogens (tertiary/aromatic N) is 1. The van der Waals surface area contributed by atoms with Crippen molar-refractivity contribution in [2.45, 2.75) is 32.1 Å². The molecule has 0 aliphatic heterocycles. The number of hydrazine groups is 1. The summed E-state index contributed by atoms with van der Waals surface area (Å²) in [6.07, 6.45) is 8.71. The van der Waals surface area contributed by atoms with E-state index in [1.165, 1.54) is 6.42 Å². The van der Waals surface area contributed by atoms with E-state index in [4.69, 9.17) is 0 Å². The van der Waals surface area contributed by atoms with Crippen molar-refractivity contribution in [1.82, 2.24) is 20.7 Å². The van der Waals surface area contributed by atoms with Crippen molar-refractivity contribution in [2.75, 3.05) is 6.54 Å². The lowest BCUT2D eigenvalue weighted by atomic mass is 9.89. The molecule has 0 saturated heterocycles. The summed E-state index contributed by atoms with van der Waals surface area (Å²) < 4.78 is 1.82. The fourth-order valence-corrected chi connectivity index (χ4v) is 3.30. The fraction of sp³-hybridized carbons (Fsp3) is 0.350. The largest absolute Gasteiger partial charge is 0.347 e. The number of carbonyl (C=O) groups excluding carboxylic acids is 3. The lowest BCUT2D eigenvalue weighted by molar-refractivity contribution is -0.129. The van der Waals surface area contributed by atoms with Gasteiger partial charge in [0.15, 0.2) is 0 Å². The van der Waals surface area contributed by atoms with Crippen molar-refractivity contribution in [1.29, 1.82) is 0 Å². The summed E-state index contributed by atoms with van der Waals surface area (Å²) in [5, 5.41) is 2.64. The molecule has 3 rings (SSSR count). The number of nitrogens with one attached hydrogen (secondary N) is 3. The second kappa shape index (κ2) is 9.02. The van der Waals surface area contributed by atoms with Gasteiger partial charge in [0.1, 0.15) is 0 Å². The number of amides is 3. The van der Waals surface area contributed by atoms with Gasteiger partial charge in [0.05, 0.1) is 17.8 Å². The molecule has 3 N–H and O–H groups in total. The molecule has 0 radical (unpaired) electrons. The molecule has 1 aromatic heterocycles. The first-order valence-corrected chi connectivity index (χ1v) is 9.24. The van der Waals surface area contributed by atoms with Gasteiger partial charge in [-0.3, -0.25) is 25.2 Å². The molecule has 1 aliphatic carbocycles. The first-order chi connectivity index (χ1) is 13.1. The van der Waals surface area contributed by atoms with Crippen LogP contribution in [0.5, 0.6) is 0 Å². The van der Waals surface area contributed by atoms with Gasteiger partial charge in [0, 0.05) is 18.3 Å². The topological polar surface area (TPSA) is 92.2 Å². The van der Waals surface area contributed by atoms with E-state index in [1.54, 1.807) is 12.1 Å². The molecule has 1 saturated carbocycles. The first kappa shape index (κ1) is 18.7. The minimum Gasteiger partial charge on any atom is -0.347 e. The normalized spacial score (nSPS) is 14.4. The lowest BCUT2D eigenvalue weighted by Gasteiger charge is -2.20. The fourth-order valence-electron chi connectivity index (χ4n) is 3.30. The van der Waals surface area contributed by atoms with E-state index in [2.05, 4.69) is 16.2 Å². The molecule has 0 atom stereocenters. The minimum absolute atomic E-state index is 0.00501. The number of rotatable bonds is 5. The highest BCUT2D eigenvalue weighted by Crippen LogP contribution is 2.23. The van der Waals surface area contributed by atoms with E-state index in [0.717, 1.165) is 25.7 Å². The highest BCUT2D eigenvalue weighted by molar-refractivity contribution is 5.99. The van der Waals surface area contributed by atoms with Gasteiger partial charge in [-0.1, -0.05) is 31.4 Å². The van der Waals surface area contributed by atoms with E-state index in [-0.39, 0.29) is 18.4 Å². The van der Waals surface area contributed by atoms with Crippen molar-refractivity contribution in [3.8, 4) is 5.69 Å². The van der Waals surface area contributed by atoms with E-state index in [9.17, 15) is 14.4 Å². The van der Waals surface area contributed by atoms with E-state index in [0.29, 0.717) is 11.3 Å². The summed E-state index contributed by atoms with van der Waals surface area (Å²) in [4.78, 5) is 36.4. The highest BCUT2D eigenvalue weighted by atomic mass is 16.2. The molecule has 27 heavy (non-hydrogen) atoms. The van der Waals surface area contributed by atoms with Crippen LogP contribution in [-0.2, 0) is 9.59 Å². The van der Waals surface area contributed by atoms with E-state index in [1.807, 2.05) is 41.2 Å². The number of hydrogen-bond acceptors (Lipinski definition) is 3. The predicted molar refractivity (Wildman–Crippen MR) is 101 cm³/mol. The van der Waals surface area contributed by atoms with Gasteiger partial charge in [-0.25, -0.2) is 0 Å². The van der Waals surface area contributed by atoms with Gasteiger partial charge in [0.2, 0.25) is 5.91 Å². The Hall–Kier alpha value is -3.09. The Kier molecular flexibility index (Phi) is 6.25. The van der Waals surface area contributed by atoms with Crippen LogP contribution in [0.3, 0.4) is 0 Å². The second-order valence-corrected chi connectivity index (χ2v) is 6.66. The van der Waals surface area contributed by atoms with E-state index >= 15 is 0 Å². The van der Waals surface area contributed by atoms with Crippen molar-refractivity contribution in [3.63, 3.8) is 0 Å². The Morgan fingerprint density at radius 3 is 2.37 bits per heavy atom. The van der Waals surface area contributed by atoms with Crippen LogP contribution in [-0.4, -0.2) is 28.8 Å². The molecule has 0 bridgehead atoms. The van der Waals surface area contributed by atoms with Gasteiger partial charge in [-0.15, -0.1) is 0 Å². The van der Waals surface area contributed by atoms with Crippen molar-refractivity contribution >= 4 is 17.7 Å². The van der Waals surface area contributed by atoms with Crippen LogP contribution in [0.2, 0.25) is 0 Å². The number of para-hydroxylation sites is 1. The maximum absolute atomic E-state index is 12.4. The number of benzene rings is 1. The van der Waals surface area contributed by atoms with Crippen LogP contribution in [0.25, 0.3) is 5.69 Å². The second-order valence-electron chi connectivity index (χ2n) is 6.66. The Balaban J connectivity index is 1.49. The molecule has 3 amide bonds. The smallest absolute Gasteiger partial charge is 0.271 e. The first-order valence-electron chi connectivity index (χ1n) is 9.24. The molecule has 1 heterocycles. The summed E-state index contributed by atoms with van der Waals surface area (Å²) >= 11 is 0. The zero-order chi connectivity index (χ0) is 19.1. The van der Waals surface area contributed by atoms with E-state index < -0.39 is 11.8 Å². The quantitative estimate of drug-likeness (QED) is 0.704. The zero-order valence-corrected chi connectivity index (χ0v) is 15.1. The van der Waals surface area contributed by atoms with Gasteiger partial charge < -0.3 is 9.88 Å². The summed E-state index contributed by atoms with van der Waals surface area (Å²) in [5.74, 6) is -0.985. The Labute approximate surface area is 158 Å². The molecule has 1 aliphatic rings.